The van der Waals surface area contributed by atoms with Crippen LogP contribution in [0.3, 0.4) is 0 Å². The summed E-state index contributed by atoms with van der Waals surface area (Å²) in [6.07, 6.45) is 4.38. The first kappa shape index (κ1) is 11.3. The fourth-order valence-electron chi connectivity index (χ4n) is 1.48. The molecule has 0 aliphatic heterocycles. The van der Waals surface area contributed by atoms with Gasteiger partial charge in [-0.25, -0.2) is 9.31 Å². The number of nitrogens with zero attached hydrogens (tertiary/aromatic N) is 3. The maximum Gasteiger partial charge on any atom is 0.337 e. The monoisotopic (exact) mass is 237 g/mol. The Balaban J connectivity index is 2.47. The number of carboxylic acids is 1. The van der Waals surface area contributed by atoms with Crippen molar-refractivity contribution in [3.05, 3.63) is 35.0 Å². The van der Waals surface area contributed by atoms with E-state index in [-0.39, 0.29) is 6.54 Å². The van der Waals surface area contributed by atoms with Gasteiger partial charge in [-0.2, -0.15) is 5.10 Å². The fourth-order valence-corrected chi connectivity index (χ4v) is 1.48. The summed E-state index contributed by atoms with van der Waals surface area (Å²) in [5, 5.41) is 22.3. The maximum absolute atomic E-state index is 11.9. The van der Waals surface area contributed by atoms with Crippen LogP contribution in [-0.4, -0.2) is 36.0 Å². The molecule has 0 amide bonds. The van der Waals surface area contributed by atoms with Gasteiger partial charge in [0.2, 0.25) is 0 Å². The predicted octanol–water partition coefficient (Wildman–Crippen LogP) is -0.668. The first-order chi connectivity index (χ1) is 7.92. The lowest BCUT2D eigenvalue weighted by Gasteiger charge is -2.18. The Kier molecular flexibility index (Phi) is 2.47. The van der Waals surface area contributed by atoms with Gasteiger partial charge in [0.05, 0.1) is 12.7 Å². The van der Waals surface area contributed by atoms with E-state index in [0.717, 1.165) is 11.5 Å². The predicted molar refractivity (Wildman–Crippen MR) is 57.7 cm³/mol. The Morgan fingerprint density at radius 1 is 1.53 bits per heavy atom. The van der Waals surface area contributed by atoms with E-state index in [4.69, 9.17) is 5.11 Å². The highest BCUT2D eigenvalue weighted by atomic mass is 16.4. The van der Waals surface area contributed by atoms with E-state index >= 15 is 0 Å². The molecule has 0 bridgehead atoms. The molecule has 0 aromatic carbocycles. The molecule has 0 aliphatic rings. The smallest absolute Gasteiger partial charge is 0.337 e. The molecule has 90 valence electrons. The van der Waals surface area contributed by atoms with E-state index in [9.17, 15) is 14.7 Å². The molecule has 2 rings (SSSR count). The highest BCUT2D eigenvalue weighted by molar-refractivity contribution is 5.76. The topological polar surface area (TPSA) is 96.8 Å². The van der Waals surface area contributed by atoms with Gasteiger partial charge < -0.3 is 14.8 Å². The molecule has 1 unspecified atom stereocenters. The Bertz CT molecular complexity index is 626. The molecule has 0 fully saturated rings. The summed E-state index contributed by atoms with van der Waals surface area (Å²) >= 11 is 0. The third-order valence-electron chi connectivity index (χ3n) is 2.48. The largest absolute Gasteiger partial charge is 0.479 e. The van der Waals surface area contributed by atoms with Gasteiger partial charge in [-0.3, -0.25) is 4.79 Å². The second-order valence-corrected chi connectivity index (χ2v) is 3.97. The minimum atomic E-state index is -1.98. The summed E-state index contributed by atoms with van der Waals surface area (Å²) in [4.78, 5) is 22.7. The van der Waals surface area contributed by atoms with Crippen LogP contribution in [0, 0.1) is 0 Å². The third kappa shape index (κ3) is 1.92. The molecule has 2 aromatic rings. The van der Waals surface area contributed by atoms with Crippen molar-refractivity contribution in [1.29, 1.82) is 0 Å². The molecule has 2 heterocycles. The van der Waals surface area contributed by atoms with Crippen molar-refractivity contribution in [3.63, 3.8) is 0 Å². The number of aliphatic carboxylic acids is 1. The SMILES string of the molecule is CC(O)(Cn1ccn2nccc2c1=O)C(=O)O. The van der Waals surface area contributed by atoms with Crippen molar-refractivity contribution in [2.75, 3.05) is 0 Å². The van der Waals surface area contributed by atoms with E-state index in [1.54, 1.807) is 0 Å². The molecule has 1 atom stereocenters. The van der Waals surface area contributed by atoms with Gasteiger partial charge in [-0.05, 0) is 13.0 Å². The van der Waals surface area contributed by atoms with Crippen LogP contribution in [0.4, 0.5) is 0 Å². The Morgan fingerprint density at radius 2 is 2.24 bits per heavy atom. The number of aliphatic hydroxyl groups is 1. The number of rotatable bonds is 3. The van der Waals surface area contributed by atoms with E-state index in [1.807, 2.05) is 0 Å². The van der Waals surface area contributed by atoms with Crippen molar-refractivity contribution in [1.82, 2.24) is 14.2 Å². The van der Waals surface area contributed by atoms with Crippen LogP contribution in [0.2, 0.25) is 0 Å². The summed E-state index contributed by atoms with van der Waals surface area (Å²) in [5.74, 6) is -1.38. The van der Waals surface area contributed by atoms with E-state index in [2.05, 4.69) is 5.10 Å². The number of carbonyl (C=O) groups is 1. The first-order valence-corrected chi connectivity index (χ1v) is 4.90. The molecule has 0 aliphatic carbocycles. The van der Waals surface area contributed by atoms with Crippen molar-refractivity contribution < 1.29 is 15.0 Å². The lowest BCUT2D eigenvalue weighted by molar-refractivity contribution is -0.157. The molecule has 0 saturated heterocycles. The second-order valence-electron chi connectivity index (χ2n) is 3.97. The van der Waals surface area contributed by atoms with E-state index in [1.165, 1.54) is 29.2 Å². The molecular weight excluding hydrogens is 226 g/mol. The average molecular weight is 237 g/mol. The summed E-state index contributed by atoms with van der Waals surface area (Å²) < 4.78 is 2.53. The summed E-state index contributed by atoms with van der Waals surface area (Å²) in [7, 11) is 0. The number of fused-ring (bicyclic) bond motifs is 1. The molecule has 17 heavy (non-hydrogen) atoms. The van der Waals surface area contributed by atoms with Crippen LogP contribution < -0.4 is 5.56 Å². The zero-order chi connectivity index (χ0) is 12.6. The zero-order valence-electron chi connectivity index (χ0n) is 9.07. The molecule has 2 aromatic heterocycles. The Morgan fingerprint density at radius 3 is 2.88 bits per heavy atom. The molecule has 0 spiro atoms. The minimum Gasteiger partial charge on any atom is -0.479 e. The highest BCUT2D eigenvalue weighted by Gasteiger charge is 2.30. The standard InChI is InChI=1S/C10H11N3O4/c1-10(17,9(15)16)6-12-4-5-13-7(8(12)14)2-3-11-13/h2-5,17H,6H2,1H3,(H,15,16). The van der Waals surface area contributed by atoms with Crippen LogP contribution in [-0.2, 0) is 11.3 Å². The number of aromatic nitrogens is 3. The molecule has 7 heteroatoms. The molecular formula is C10H11N3O4. The van der Waals surface area contributed by atoms with Crippen LogP contribution >= 0.6 is 0 Å². The van der Waals surface area contributed by atoms with Gasteiger partial charge >= 0.3 is 5.97 Å². The van der Waals surface area contributed by atoms with Gasteiger partial charge in [0.1, 0.15) is 5.52 Å². The second kappa shape index (κ2) is 3.70. The lowest BCUT2D eigenvalue weighted by atomic mass is 10.1. The number of hydrogen-bond acceptors (Lipinski definition) is 4. The third-order valence-corrected chi connectivity index (χ3v) is 2.48. The van der Waals surface area contributed by atoms with Gasteiger partial charge in [-0.1, -0.05) is 0 Å². The van der Waals surface area contributed by atoms with E-state index < -0.39 is 17.1 Å². The summed E-state index contributed by atoms with van der Waals surface area (Å²) in [6.45, 7) is 0.825. The van der Waals surface area contributed by atoms with Crippen molar-refractivity contribution in [2.24, 2.45) is 0 Å². The Labute approximate surface area is 95.5 Å². The van der Waals surface area contributed by atoms with Crippen LogP contribution in [0.15, 0.2) is 29.5 Å². The highest BCUT2D eigenvalue weighted by Crippen LogP contribution is 2.06. The molecule has 2 N–H and O–H groups in total. The van der Waals surface area contributed by atoms with Gasteiger partial charge in [0.15, 0.2) is 5.60 Å². The number of hydrogen-bond donors (Lipinski definition) is 2. The Hall–Kier alpha value is -2.15. The molecule has 7 nitrogen and oxygen atoms in total. The van der Waals surface area contributed by atoms with Crippen LogP contribution in [0.25, 0.3) is 5.52 Å². The fraction of sp³-hybridized carbons (Fsp3) is 0.300. The summed E-state index contributed by atoms with van der Waals surface area (Å²) in [5.41, 5.74) is -2.05. The maximum atomic E-state index is 11.9. The lowest BCUT2D eigenvalue weighted by Crippen LogP contribution is -2.42. The molecule has 0 radical (unpaired) electrons. The van der Waals surface area contributed by atoms with Gasteiger partial charge in [-0.15, -0.1) is 0 Å². The first-order valence-electron chi connectivity index (χ1n) is 4.90. The number of carboxylic acid groups (broad SMARTS) is 1. The quantitative estimate of drug-likeness (QED) is 0.738. The minimum absolute atomic E-state index is 0.317. The van der Waals surface area contributed by atoms with Crippen molar-refractivity contribution in [3.8, 4) is 0 Å². The van der Waals surface area contributed by atoms with Crippen LogP contribution in [0.1, 0.15) is 6.92 Å². The van der Waals surface area contributed by atoms with Gasteiger partial charge in [0, 0.05) is 12.4 Å². The van der Waals surface area contributed by atoms with E-state index in [0.29, 0.717) is 5.52 Å². The van der Waals surface area contributed by atoms with Gasteiger partial charge in [0.25, 0.3) is 5.56 Å². The van der Waals surface area contributed by atoms with Crippen LogP contribution in [0.5, 0.6) is 0 Å². The normalized spacial score (nSPS) is 14.7. The molecule has 0 saturated carbocycles. The average Bonchev–Trinajstić information content (AvgIpc) is 2.70. The van der Waals surface area contributed by atoms with Crippen molar-refractivity contribution >= 4 is 11.5 Å². The summed E-state index contributed by atoms with van der Waals surface area (Å²) in [6, 6.07) is 1.52. The van der Waals surface area contributed by atoms with Crippen molar-refractivity contribution in [2.45, 2.75) is 19.1 Å². The zero-order valence-corrected chi connectivity index (χ0v) is 9.07.